The molecule has 1 aromatic rings. The van der Waals surface area contributed by atoms with E-state index >= 15 is 0 Å². The zero-order valence-corrected chi connectivity index (χ0v) is 12.2. The van der Waals surface area contributed by atoms with Crippen LogP contribution < -0.4 is 0 Å². The molecule has 1 N–H and O–H groups in total. The van der Waals surface area contributed by atoms with Gasteiger partial charge in [0.25, 0.3) is 5.91 Å². The zero-order chi connectivity index (χ0) is 16.9. The van der Waals surface area contributed by atoms with Gasteiger partial charge in [-0.05, 0) is 18.2 Å². The number of carboxylic acids is 1. The lowest BCUT2D eigenvalue weighted by atomic mass is 10.1. The predicted molar refractivity (Wildman–Crippen MR) is 71.9 cm³/mol. The van der Waals surface area contributed by atoms with Crippen molar-refractivity contribution >= 4 is 23.5 Å². The van der Waals surface area contributed by atoms with E-state index in [1.165, 1.54) is 7.11 Å². The second-order valence-electron chi connectivity index (χ2n) is 4.34. The molecule has 122 valence electrons. The van der Waals surface area contributed by atoms with Crippen molar-refractivity contribution in [1.29, 1.82) is 0 Å². The van der Waals surface area contributed by atoms with Crippen molar-refractivity contribution in [2.45, 2.75) is 6.18 Å². The number of carboxylic acid groups (broad SMARTS) is 1. The summed E-state index contributed by atoms with van der Waals surface area (Å²) < 4.78 is 42.9. The highest BCUT2D eigenvalue weighted by Crippen LogP contribution is 2.32. The van der Waals surface area contributed by atoms with Gasteiger partial charge in [0, 0.05) is 24.2 Å². The van der Waals surface area contributed by atoms with Crippen LogP contribution in [0.1, 0.15) is 15.9 Å². The molecule has 0 spiro atoms. The summed E-state index contributed by atoms with van der Waals surface area (Å²) in [5, 5.41) is 8.51. The fourth-order valence-corrected chi connectivity index (χ4v) is 1.91. The summed E-state index contributed by atoms with van der Waals surface area (Å²) in [7, 11) is 1.35. The molecular formula is C13H13ClF3NO4. The zero-order valence-electron chi connectivity index (χ0n) is 11.5. The van der Waals surface area contributed by atoms with Crippen molar-refractivity contribution in [2.75, 3.05) is 26.8 Å². The second kappa shape index (κ2) is 7.46. The van der Waals surface area contributed by atoms with Crippen LogP contribution in [0, 0.1) is 0 Å². The third kappa shape index (κ3) is 5.19. The van der Waals surface area contributed by atoms with E-state index in [4.69, 9.17) is 21.4 Å². The van der Waals surface area contributed by atoms with Gasteiger partial charge in [-0.25, -0.2) is 0 Å². The molecule has 0 radical (unpaired) electrons. The Morgan fingerprint density at radius 1 is 1.32 bits per heavy atom. The van der Waals surface area contributed by atoms with E-state index in [9.17, 15) is 22.8 Å². The maximum absolute atomic E-state index is 12.7. The van der Waals surface area contributed by atoms with Crippen LogP contribution in [0.4, 0.5) is 13.2 Å². The number of amides is 1. The first-order chi connectivity index (χ1) is 10.1. The fraction of sp³-hybridized carbons (Fsp3) is 0.385. The van der Waals surface area contributed by atoms with Gasteiger partial charge in [0.05, 0.1) is 12.2 Å². The summed E-state index contributed by atoms with van der Waals surface area (Å²) in [5.41, 5.74) is -1.41. The van der Waals surface area contributed by atoms with Crippen molar-refractivity contribution in [3.05, 3.63) is 34.3 Å². The molecule has 0 aliphatic carbocycles. The average molecular weight is 340 g/mol. The SMILES string of the molecule is COCCN(CC(=O)O)C(=O)c1cc(Cl)cc(C(F)(F)F)c1. The van der Waals surface area contributed by atoms with Gasteiger partial charge in [0.2, 0.25) is 0 Å². The predicted octanol–water partition coefficient (Wildman–Crippen LogP) is 2.53. The number of methoxy groups -OCH3 is 1. The maximum Gasteiger partial charge on any atom is 0.416 e. The third-order valence-electron chi connectivity index (χ3n) is 2.65. The molecule has 0 atom stereocenters. The fourth-order valence-electron chi connectivity index (χ4n) is 1.68. The Bertz CT molecular complexity index is 563. The molecule has 5 nitrogen and oxygen atoms in total. The summed E-state index contributed by atoms with van der Waals surface area (Å²) in [6.07, 6.45) is -4.66. The molecular weight excluding hydrogens is 327 g/mol. The molecule has 0 bridgehead atoms. The van der Waals surface area contributed by atoms with Gasteiger partial charge >= 0.3 is 12.1 Å². The molecule has 0 fully saturated rings. The summed E-state index contributed by atoms with van der Waals surface area (Å²) in [6, 6.07) is 2.38. The first-order valence-corrected chi connectivity index (χ1v) is 6.40. The number of hydrogen-bond donors (Lipinski definition) is 1. The van der Waals surface area contributed by atoms with Crippen LogP contribution in [0.5, 0.6) is 0 Å². The molecule has 0 saturated carbocycles. The van der Waals surface area contributed by atoms with Crippen LogP contribution in [-0.4, -0.2) is 48.7 Å². The Labute approximate surface area is 129 Å². The van der Waals surface area contributed by atoms with Crippen molar-refractivity contribution in [2.24, 2.45) is 0 Å². The van der Waals surface area contributed by atoms with Gasteiger partial charge in [-0.1, -0.05) is 11.6 Å². The first kappa shape index (κ1) is 18.2. The number of alkyl halides is 3. The highest BCUT2D eigenvalue weighted by molar-refractivity contribution is 6.31. The van der Waals surface area contributed by atoms with Gasteiger partial charge in [0.15, 0.2) is 0 Å². The van der Waals surface area contributed by atoms with Crippen molar-refractivity contribution in [1.82, 2.24) is 4.90 Å². The van der Waals surface area contributed by atoms with Crippen molar-refractivity contribution in [3.63, 3.8) is 0 Å². The van der Waals surface area contributed by atoms with E-state index in [2.05, 4.69) is 0 Å². The molecule has 0 saturated heterocycles. The Morgan fingerprint density at radius 3 is 2.45 bits per heavy atom. The minimum absolute atomic E-state index is 0.0473. The van der Waals surface area contributed by atoms with E-state index in [-0.39, 0.29) is 23.7 Å². The van der Waals surface area contributed by atoms with Crippen molar-refractivity contribution < 1.29 is 32.6 Å². The van der Waals surface area contributed by atoms with E-state index in [1.807, 2.05) is 0 Å². The Hall–Kier alpha value is -1.80. The van der Waals surface area contributed by atoms with Crippen molar-refractivity contribution in [3.8, 4) is 0 Å². The van der Waals surface area contributed by atoms with Gasteiger partial charge in [-0.3, -0.25) is 9.59 Å². The normalized spacial score (nSPS) is 11.3. The highest BCUT2D eigenvalue weighted by atomic mass is 35.5. The van der Waals surface area contributed by atoms with Gasteiger partial charge in [-0.15, -0.1) is 0 Å². The lowest BCUT2D eigenvalue weighted by Gasteiger charge is -2.21. The third-order valence-corrected chi connectivity index (χ3v) is 2.87. The molecule has 9 heteroatoms. The molecule has 1 amide bonds. The van der Waals surface area contributed by atoms with E-state index in [1.54, 1.807) is 0 Å². The molecule has 1 aromatic carbocycles. The smallest absolute Gasteiger partial charge is 0.416 e. The molecule has 22 heavy (non-hydrogen) atoms. The Morgan fingerprint density at radius 2 is 1.95 bits per heavy atom. The number of halogens is 4. The summed E-state index contributed by atoms with van der Waals surface area (Å²) in [6.45, 7) is -0.683. The summed E-state index contributed by atoms with van der Waals surface area (Å²) >= 11 is 5.60. The van der Waals surface area contributed by atoms with Gasteiger partial charge in [-0.2, -0.15) is 13.2 Å². The van der Waals surface area contributed by atoms with Crippen LogP contribution in [-0.2, 0) is 15.7 Å². The average Bonchev–Trinajstić information content (AvgIpc) is 2.40. The molecule has 1 rings (SSSR count). The monoisotopic (exact) mass is 339 g/mol. The van der Waals surface area contributed by atoms with Crippen LogP contribution in [0.15, 0.2) is 18.2 Å². The number of carbonyl (C=O) groups is 2. The lowest BCUT2D eigenvalue weighted by molar-refractivity contribution is -0.138. The number of ether oxygens (including phenoxy) is 1. The summed E-state index contributed by atoms with van der Waals surface area (Å²) in [4.78, 5) is 23.8. The summed E-state index contributed by atoms with van der Waals surface area (Å²) in [5.74, 6) is -2.16. The molecule has 0 aromatic heterocycles. The minimum atomic E-state index is -4.66. The lowest BCUT2D eigenvalue weighted by Crippen LogP contribution is -2.38. The molecule has 0 heterocycles. The number of hydrogen-bond acceptors (Lipinski definition) is 3. The largest absolute Gasteiger partial charge is 0.480 e. The number of aliphatic carboxylic acids is 1. The van der Waals surface area contributed by atoms with Crippen LogP contribution in [0.2, 0.25) is 5.02 Å². The maximum atomic E-state index is 12.7. The van der Waals surface area contributed by atoms with Gasteiger partial charge in [0.1, 0.15) is 6.54 Å². The molecule has 0 aliphatic rings. The number of rotatable bonds is 6. The topological polar surface area (TPSA) is 66.8 Å². The first-order valence-electron chi connectivity index (χ1n) is 6.03. The molecule has 0 unspecified atom stereocenters. The Kier molecular flexibility index (Phi) is 6.19. The number of carbonyl (C=O) groups excluding carboxylic acids is 1. The van der Waals surface area contributed by atoms with Crippen LogP contribution in [0.3, 0.4) is 0 Å². The Balaban J connectivity index is 3.12. The number of benzene rings is 1. The number of nitrogens with zero attached hydrogens (tertiary/aromatic N) is 1. The van der Waals surface area contributed by atoms with Gasteiger partial charge < -0.3 is 14.7 Å². The van der Waals surface area contributed by atoms with E-state index in [0.29, 0.717) is 12.1 Å². The van der Waals surface area contributed by atoms with Crippen LogP contribution >= 0.6 is 11.6 Å². The highest BCUT2D eigenvalue weighted by Gasteiger charge is 2.32. The van der Waals surface area contributed by atoms with E-state index in [0.717, 1.165) is 11.0 Å². The standard InChI is InChI=1S/C13H13ClF3NO4/c1-22-3-2-18(7-11(19)20)12(21)8-4-9(13(15,16)17)6-10(14)5-8/h4-6H,2-3,7H2,1H3,(H,19,20). The van der Waals surface area contributed by atoms with E-state index < -0.39 is 30.2 Å². The molecule has 0 aliphatic heterocycles. The van der Waals surface area contributed by atoms with Crippen LogP contribution in [0.25, 0.3) is 0 Å². The second-order valence-corrected chi connectivity index (χ2v) is 4.78. The minimum Gasteiger partial charge on any atom is -0.480 e. The quantitative estimate of drug-likeness (QED) is 0.865.